The smallest absolute Gasteiger partial charge is 0.408 e. The largest absolute Gasteiger partial charge is 0.457 e. The van der Waals surface area contributed by atoms with Gasteiger partial charge in [0.15, 0.2) is 21.1 Å². The first-order chi connectivity index (χ1) is 20.5. The maximum absolute atomic E-state index is 13.2. The Balaban J connectivity index is 1.54. The monoisotopic (exact) mass is 649 g/mol. The number of alkyl carbamates (subject to hydrolysis) is 1. The van der Waals surface area contributed by atoms with Crippen molar-refractivity contribution >= 4 is 45.9 Å². The molecule has 2 N–H and O–H groups in total. The van der Waals surface area contributed by atoms with Crippen molar-refractivity contribution in [2.24, 2.45) is 0 Å². The molecule has 2 heterocycles. The number of carbonyl (C=O) groups is 2. The minimum atomic E-state index is -3.40. The van der Waals surface area contributed by atoms with E-state index in [0.29, 0.717) is 11.4 Å². The number of aromatic nitrogens is 1. The van der Waals surface area contributed by atoms with Crippen LogP contribution >= 0.6 is 18.9 Å². The normalized spacial score (nSPS) is 14.7. The number of benzene rings is 2. The first kappa shape index (κ1) is 32.0. The number of ether oxygens (including phenoxy) is 3. The summed E-state index contributed by atoms with van der Waals surface area (Å²) in [5.74, 6) is 2.75. The summed E-state index contributed by atoms with van der Waals surface area (Å²) in [6.07, 6.45) is 2.23. The van der Waals surface area contributed by atoms with Crippen LogP contribution in [0, 0.1) is 12.0 Å². The van der Waals surface area contributed by atoms with E-state index in [-0.39, 0.29) is 53.0 Å². The number of thiazole rings is 1. The lowest BCUT2D eigenvalue weighted by Crippen LogP contribution is -2.13. The average molecular weight is 650 g/mol. The Kier molecular flexibility index (Phi) is 10.4. The van der Waals surface area contributed by atoms with E-state index in [2.05, 4.69) is 27.6 Å². The van der Waals surface area contributed by atoms with Crippen LogP contribution in [0.4, 0.5) is 9.93 Å². The van der Waals surface area contributed by atoms with Gasteiger partial charge in [-0.15, -0.1) is 11.3 Å². The highest BCUT2D eigenvalue weighted by Gasteiger charge is 2.26. The van der Waals surface area contributed by atoms with Gasteiger partial charge >= 0.3 is 13.7 Å². The van der Waals surface area contributed by atoms with Crippen molar-refractivity contribution in [1.82, 2.24) is 10.3 Å². The van der Waals surface area contributed by atoms with Crippen molar-refractivity contribution in [2.45, 2.75) is 31.0 Å². The van der Waals surface area contributed by atoms with E-state index < -0.39 is 35.5 Å². The van der Waals surface area contributed by atoms with E-state index in [1.807, 2.05) is 0 Å². The first-order valence-electron chi connectivity index (χ1n) is 12.8. The van der Waals surface area contributed by atoms with Gasteiger partial charge in [0.25, 0.3) is 5.91 Å². The number of anilines is 1. The van der Waals surface area contributed by atoms with E-state index in [4.69, 9.17) is 23.3 Å². The summed E-state index contributed by atoms with van der Waals surface area (Å²) in [6, 6.07) is 10.1. The number of cyclic esters (lactones) is 1. The highest BCUT2D eigenvalue weighted by Crippen LogP contribution is 2.51. The molecule has 1 aromatic heterocycles. The molecule has 228 valence electrons. The zero-order chi connectivity index (χ0) is 31.0. The first-order valence-corrected chi connectivity index (χ1v) is 17.3. The molecule has 0 radical (unpaired) electrons. The molecule has 4 rings (SSSR count). The fourth-order valence-corrected chi connectivity index (χ4v) is 6.72. The molecule has 13 nitrogen and oxygen atoms in total. The molecule has 1 aliphatic heterocycles. The molecule has 0 unspecified atom stereocenters. The minimum Gasteiger partial charge on any atom is -0.457 e. The summed E-state index contributed by atoms with van der Waals surface area (Å²) in [7, 11) is -6.78. The number of nitrogens with one attached hydrogen (secondary N) is 2. The van der Waals surface area contributed by atoms with Crippen LogP contribution in [0.1, 0.15) is 29.9 Å². The number of sulfone groups is 1. The molecule has 1 aliphatic rings. The van der Waals surface area contributed by atoms with E-state index in [9.17, 15) is 22.6 Å². The number of rotatable bonds is 12. The molecular weight excluding hydrogens is 621 g/mol. The Morgan fingerprint density at radius 3 is 2.47 bits per heavy atom. The van der Waals surface area contributed by atoms with Crippen LogP contribution in [0.15, 0.2) is 52.7 Å². The Morgan fingerprint density at radius 2 is 1.84 bits per heavy atom. The van der Waals surface area contributed by atoms with Crippen molar-refractivity contribution in [3.8, 4) is 29.3 Å². The van der Waals surface area contributed by atoms with Gasteiger partial charge in [0, 0.05) is 23.3 Å². The van der Waals surface area contributed by atoms with Crippen molar-refractivity contribution < 1.29 is 45.8 Å². The maximum Gasteiger partial charge on any atom is 0.408 e. The van der Waals surface area contributed by atoms with E-state index >= 15 is 0 Å². The third-order valence-corrected chi connectivity index (χ3v) is 9.43. The average Bonchev–Trinajstić information content (AvgIpc) is 3.56. The number of carbonyl (C=O) groups excluding carboxylic acids is 2. The van der Waals surface area contributed by atoms with Gasteiger partial charge in [-0.05, 0) is 56.2 Å². The van der Waals surface area contributed by atoms with Gasteiger partial charge in [0.05, 0.1) is 36.5 Å². The zero-order valence-electron chi connectivity index (χ0n) is 23.3. The van der Waals surface area contributed by atoms with Crippen LogP contribution in [-0.4, -0.2) is 57.5 Å². The van der Waals surface area contributed by atoms with Crippen LogP contribution in [-0.2, 0) is 34.3 Å². The standard InChI is InChI=1S/C27H28N3O10PS2/c1-4-37-41(33,38-5-2)16-19-17-42-26(29-19)30-25(31)18-12-22(36-11-10-21-15-28-27(32)40-21)14-23(13-18)39-20-6-8-24(9-7-20)43(3,34)35/h6-9,12-14,17,21H,4-5,15-16H2,1-3H3,(H,28,32)(H,29,30,31)/t21-/m1/s1. The summed E-state index contributed by atoms with van der Waals surface area (Å²) in [5, 5.41) is 7.07. The Morgan fingerprint density at radius 1 is 1.14 bits per heavy atom. The summed E-state index contributed by atoms with van der Waals surface area (Å²) >= 11 is 1.14. The van der Waals surface area contributed by atoms with E-state index in [1.54, 1.807) is 19.2 Å². The van der Waals surface area contributed by atoms with Crippen molar-refractivity contribution in [3.63, 3.8) is 0 Å². The van der Waals surface area contributed by atoms with Gasteiger partial charge in [-0.1, -0.05) is 0 Å². The van der Waals surface area contributed by atoms with Gasteiger partial charge in [-0.25, -0.2) is 18.2 Å². The molecule has 0 bridgehead atoms. The quantitative estimate of drug-likeness (QED) is 0.204. The third kappa shape index (κ3) is 9.28. The Hall–Kier alpha value is -3.93. The summed E-state index contributed by atoms with van der Waals surface area (Å²) in [6.45, 7) is 4.05. The highest BCUT2D eigenvalue weighted by atomic mass is 32.2. The van der Waals surface area contributed by atoms with Gasteiger partial charge in [-0.3, -0.25) is 14.7 Å². The van der Waals surface area contributed by atoms with Crippen molar-refractivity contribution in [3.05, 3.63) is 59.1 Å². The minimum absolute atomic E-state index is 0.0506. The van der Waals surface area contributed by atoms with Crippen molar-refractivity contribution in [2.75, 3.05) is 31.3 Å². The van der Waals surface area contributed by atoms with Crippen LogP contribution in [0.5, 0.6) is 17.2 Å². The molecule has 0 aliphatic carbocycles. The van der Waals surface area contributed by atoms with Gasteiger partial charge in [-0.2, -0.15) is 0 Å². The summed E-state index contributed by atoms with van der Waals surface area (Å²) in [5.41, 5.74) is 0.559. The Bertz CT molecular complexity index is 1690. The zero-order valence-corrected chi connectivity index (χ0v) is 25.8. The molecule has 3 aromatic rings. The lowest BCUT2D eigenvalue weighted by atomic mass is 10.2. The second-order valence-electron chi connectivity index (χ2n) is 8.86. The molecule has 1 atom stereocenters. The molecule has 0 saturated carbocycles. The molecule has 1 fully saturated rings. The number of hydrogen-bond donors (Lipinski definition) is 2. The molecule has 2 aromatic carbocycles. The number of amides is 2. The predicted octanol–water partition coefficient (Wildman–Crippen LogP) is 4.81. The molecule has 1 saturated heterocycles. The molecule has 16 heteroatoms. The number of hydrogen-bond acceptors (Lipinski definition) is 12. The van der Waals surface area contributed by atoms with Gasteiger partial charge < -0.3 is 28.6 Å². The van der Waals surface area contributed by atoms with E-state index in [1.165, 1.54) is 42.5 Å². The van der Waals surface area contributed by atoms with Crippen LogP contribution in [0.25, 0.3) is 0 Å². The second kappa shape index (κ2) is 14.0. The maximum atomic E-state index is 13.2. The van der Waals surface area contributed by atoms with Crippen LogP contribution in [0.2, 0.25) is 0 Å². The predicted molar refractivity (Wildman–Crippen MR) is 157 cm³/mol. The third-order valence-electron chi connectivity index (χ3n) is 5.48. The second-order valence-corrected chi connectivity index (χ2v) is 13.8. The summed E-state index contributed by atoms with van der Waals surface area (Å²) in [4.78, 5) is 28.9. The van der Waals surface area contributed by atoms with E-state index in [0.717, 1.165) is 17.6 Å². The summed E-state index contributed by atoms with van der Waals surface area (Å²) < 4.78 is 63.4. The van der Waals surface area contributed by atoms with Crippen LogP contribution < -0.4 is 20.1 Å². The highest BCUT2D eigenvalue weighted by molar-refractivity contribution is 7.90. The molecule has 0 spiro atoms. The van der Waals surface area contributed by atoms with Gasteiger partial charge in [0.1, 0.15) is 23.4 Å². The fraction of sp³-hybridized carbons (Fsp3) is 0.296. The fourth-order valence-electron chi connectivity index (χ4n) is 3.66. The molecule has 43 heavy (non-hydrogen) atoms. The topological polar surface area (TPSA) is 168 Å². The number of nitrogens with zero attached hydrogens (tertiary/aromatic N) is 1. The molecular formula is C27H28N3O10PS2. The van der Waals surface area contributed by atoms with Crippen LogP contribution in [0.3, 0.4) is 0 Å². The Labute approximate surface area is 252 Å². The van der Waals surface area contributed by atoms with Crippen molar-refractivity contribution in [1.29, 1.82) is 0 Å². The van der Waals surface area contributed by atoms with Gasteiger partial charge in [0.2, 0.25) is 0 Å². The lowest BCUT2D eigenvalue weighted by Gasteiger charge is -2.15. The molecule has 2 amide bonds. The SMILES string of the molecule is CCOP(=O)(Cc1csc(NC(=O)c2cc(OC#C[C@@H]3CNC(=O)O3)cc(Oc3ccc(S(C)(=O)=O)cc3)c2)n1)OCC. The lowest BCUT2D eigenvalue weighted by molar-refractivity contribution is 0.102.